The number of carbonyl (C=O) groups is 2. The summed E-state index contributed by atoms with van der Waals surface area (Å²) in [4.78, 5) is 23.9. The summed E-state index contributed by atoms with van der Waals surface area (Å²) in [6.45, 7) is 13.2. The van der Waals surface area contributed by atoms with Crippen molar-refractivity contribution in [2.45, 2.75) is 34.6 Å². The third-order valence-corrected chi connectivity index (χ3v) is 6.55. The van der Waals surface area contributed by atoms with Gasteiger partial charge >= 0.3 is 5.97 Å². The van der Waals surface area contributed by atoms with E-state index in [9.17, 15) is 4.79 Å². The van der Waals surface area contributed by atoms with Crippen molar-refractivity contribution in [3.63, 3.8) is 0 Å². The summed E-state index contributed by atoms with van der Waals surface area (Å²) in [6, 6.07) is 20.3. The molecule has 0 atom stereocenters. The third-order valence-electron chi connectivity index (χ3n) is 6.55. The van der Waals surface area contributed by atoms with Crippen LogP contribution in [-0.2, 0) is 9.53 Å². The number of aliphatic carboxylic acids is 1. The van der Waals surface area contributed by atoms with Gasteiger partial charge in [0, 0.05) is 53.4 Å². The number of methoxy groups -OCH3 is 1. The van der Waals surface area contributed by atoms with Crippen LogP contribution in [0.1, 0.15) is 45.0 Å². The second-order valence-electron chi connectivity index (χ2n) is 8.71. The number of esters is 1. The Kier molecular flexibility index (Phi) is 9.66. The fourth-order valence-electron chi connectivity index (χ4n) is 4.72. The molecule has 38 heavy (non-hydrogen) atoms. The maximum Gasteiger partial charge on any atom is 0.338 e. The maximum atomic E-state index is 12.7. The molecule has 7 nitrogen and oxygen atoms in total. The van der Waals surface area contributed by atoms with Crippen LogP contribution in [0.5, 0.6) is 0 Å². The first kappa shape index (κ1) is 28.4. The number of carboxylic acid groups (broad SMARTS) is 1. The number of carboxylic acids is 1. The topological polar surface area (TPSA) is 85.8 Å². The van der Waals surface area contributed by atoms with Crippen LogP contribution in [0.4, 0.5) is 5.69 Å². The Bertz CT molecular complexity index is 1460. The van der Waals surface area contributed by atoms with Gasteiger partial charge in [-0.2, -0.15) is 0 Å². The van der Waals surface area contributed by atoms with E-state index in [1.54, 1.807) is 0 Å². The zero-order chi connectivity index (χ0) is 27.8. The first-order valence-electron chi connectivity index (χ1n) is 13.0. The number of benzene rings is 3. The van der Waals surface area contributed by atoms with Gasteiger partial charge in [-0.3, -0.25) is 0 Å². The number of carbonyl (C=O) groups excluding carboxylic acids is 2. The van der Waals surface area contributed by atoms with Crippen molar-refractivity contribution < 1.29 is 23.8 Å². The number of fused-ring (bicyclic) bond motifs is 2. The molecule has 2 aromatic rings. The lowest BCUT2D eigenvalue weighted by atomic mass is 9.90. The Balaban J connectivity index is 0.000000934. The van der Waals surface area contributed by atoms with Crippen molar-refractivity contribution in [2.75, 3.05) is 38.2 Å². The quantitative estimate of drug-likeness (QED) is 0.206. The average molecular weight is 517 g/mol. The minimum atomic E-state index is -1.08. The van der Waals surface area contributed by atoms with Gasteiger partial charge in [-0.1, -0.05) is 18.2 Å². The van der Waals surface area contributed by atoms with Gasteiger partial charge in [0.1, 0.15) is 24.4 Å². The molecule has 0 radical (unpaired) electrons. The van der Waals surface area contributed by atoms with Crippen LogP contribution in [0.2, 0.25) is 0 Å². The number of nitrogens with zero attached hydrogens (tertiary/aromatic N) is 2. The number of anilines is 1. The molecule has 4 rings (SSSR count). The number of rotatable bonds is 7. The number of ether oxygens (including phenoxy) is 1. The fraction of sp³-hybridized carbons (Fsp3) is 0.323. The second kappa shape index (κ2) is 12.9. The highest BCUT2D eigenvalue weighted by molar-refractivity contribution is 6.08. The highest BCUT2D eigenvalue weighted by Crippen LogP contribution is 2.42. The largest absolute Gasteiger partial charge is 0.550 e. The molecule has 0 saturated carbocycles. The molecule has 1 heterocycles. The molecule has 2 aromatic carbocycles. The summed E-state index contributed by atoms with van der Waals surface area (Å²) < 4.78 is 13.9. The van der Waals surface area contributed by atoms with Gasteiger partial charge in [0.25, 0.3) is 0 Å². The van der Waals surface area contributed by atoms with E-state index >= 15 is 0 Å². The summed E-state index contributed by atoms with van der Waals surface area (Å²) in [5.74, 6) is -0.638. The summed E-state index contributed by atoms with van der Waals surface area (Å²) in [6.07, 6.45) is 0. The van der Waals surface area contributed by atoms with Gasteiger partial charge in [-0.05, 0) is 64.4 Å². The van der Waals surface area contributed by atoms with E-state index in [4.69, 9.17) is 19.1 Å². The monoisotopic (exact) mass is 516 g/mol. The molecule has 0 bridgehead atoms. The Morgan fingerprint density at radius 2 is 1.58 bits per heavy atom. The molecule has 0 aromatic heterocycles. The van der Waals surface area contributed by atoms with E-state index < -0.39 is 5.97 Å². The molecule has 0 saturated heterocycles. The van der Waals surface area contributed by atoms with E-state index in [1.165, 1.54) is 7.11 Å². The lowest BCUT2D eigenvalue weighted by molar-refractivity contribution is -0.302. The van der Waals surface area contributed by atoms with Crippen molar-refractivity contribution in [1.29, 1.82) is 0 Å². The summed E-state index contributed by atoms with van der Waals surface area (Å²) in [7, 11) is 1.42. The normalized spacial score (nSPS) is 10.6. The minimum Gasteiger partial charge on any atom is -0.550 e. The fourth-order valence-corrected chi connectivity index (χ4v) is 4.72. The predicted molar refractivity (Wildman–Crippen MR) is 150 cm³/mol. The number of hydrogen-bond donors (Lipinski definition) is 0. The zero-order valence-electron chi connectivity index (χ0n) is 23.0. The SMILES string of the molecule is CC(=O)[O-].CCN(CC)c1ccc2c(-c3ccccc3C(=O)OC)c3ccc(=[N+](CC)CC)cc-3oc2c1. The van der Waals surface area contributed by atoms with Crippen molar-refractivity contribution in [2.24, 2.45) is 0 Å². The van der Waals surface area contributed by atoms with Gasteiger partial charge in [0.2, 0.25) is 5.36 Å². The molecule has 0 unspecified atom stereocenters. The molecule has 0 fully saturated rings. The lowest BCUT2D eigenvalue weighted by Crippen LogP contribution is -2.29. The molecular formula is C31H36N2O5. The van der Waals surface area contributed by atoms with Gasteiger partial charge < -0.3 is 24.0 Å². The molecule has 0 spiro atoms. The molecule has 1 aliphatic carbocycles. The average Bonchev–Trinajstić information content (AvgIpc) is 2.92. The van der Waals surface area contributed by atoms with Crippen LogP contribution < -0.4 is 19.9 Å². The van der Waals surface area contributed by atoms with Crippen molar-refractivity contribution >= 4 is 28.6 Å². The first-order chi connectivity index (χ1) is 18.3. The standard InChI is InChI=1S/C29H33N2O3.C2H4O2/c1-6-30(7-2)20-14-16-24-26(18-20)34-27-19-21(31(8-3)9-4)15-17-25(27)28(24)22-12-10-11-13-23(22)29(32)33-5;1-2(3)4/h10-19H,6-9H2,1-5H3;1H3,(H,3,4)/q+1;/p-1. The first-order valence-corrected chi connectivity index (χ1v) is 13.0. The van der Waals surface area contributed by atoms with Crippen LogP contribution >= 0.6 is 0 Å². The highest BCUT2D eigenvalue weighted by atomic mass is 16.5. The van der Waals surface area contributed by atoms with Gasteiger partial charge in [0.15, 0.2) is 0 Å². The van der Waals surface area contributed by atoms with Crippen molar-refractivity contribution in [3.8, 4) is 22.5 Å². The smallest absolute Gasteiger partial charge is 0.338 e. The lowest BCUT2D eigenvalue weighted by Gasteiger charge is -2.22. The van der Waals surface area contributed by atoms with Gasteiger partial charge in [0.05, 0.1) is 18.7 Å². The van der Waals surface area contributed by atoms with E-state index in [0.29, 0.717) is 5.56 Å². The maximum absolute atomic E-state index is 12.7. The molecule has 1 aliphatic heterocycles. The summed E-state index contributed by atoms with van der Waals surface area (Å²) >= 11 is 0. The molecular weight excluding hydrogens is 480 g/mol. The molecule has 0 N–H and O–H groups in total. The molecule has 2 aliphatic rings. The van der Waals surface area contributed by atoms with E-state index in [1.807, 2.05) is 24.3 Å². The Hall–Kier alpha value is -4.13. The van der Waals surface area contributed by atoms with Crippen LogP contribution in [0, 0.1) is 0 Å². The Labute approximate surface area is 223 Å². The Morgan fingerprint density at radius 3 is 2.18 bits per heavy atom. The second-order valence-corrected chi connectivity index (χ2v) is 8.71. The van der Waals surface area contributed by atoms with Crippen LogP contribution in [0.25, 0.3) is 33.4 Å². The molecule has 0 amide bonds. The van der Waals surface area contributed by atoms with Gasteiger partial charge in [-0.15, -0.1) is 0 Å². The molecule has 200 valence electrons. The summed E-state index contributed by atoms with van der Waals surface area (Å²) in [5.41, 5.74) is 5.24. The van der Waals surface area contributed by atoms with E-state index in [-0.39, 0.29) is 5.97 Å². The summed E-state index contributed by atoms with van der Waals surface area (Å²) in [5, 5.41) is 11.0. The number of hydrogen-bond acceptors (Lipinski definition) is 6. The molecule has 7 heteroatoms. The van der Waals surface area contributed by atoms with E-state index in [0.717, 1.165) is 77.6 Å². The Morgan fingerprint density at radius 1 is 0.921 bits per heavy atom. The minimum absolute atomic E-state index is 0.350. The van der Waals surface area contributed by atoms with Crippen LogP contribution in [-0.4, -0.2) is 45.2 Å². The van der Waals surface area contributed by atoms with Crippen molar-refractivity contribution in [1.82, 2.24) is 4.58 Å². The van der Waals surface area contributed by atoms with Crippen LogP contribution in [0.15, 0.2) is 65.1 Å². The predicted octanol–water partition coefficient (Wildman–Crippen LogP) is 4.41. The third kappa shape index (κ3) is 6.05. The van der Waals surface area contributed by atoms with E-state index in [2.05, 4.69) is 73.6 Å². The van der Waals surface area contributed by atoms with Gasteiger partial charge in [-0.25, -0.2) is 9.37 Å². The van der Waals surface area contributed by atoms with Crippen LogP contribution in [0.3, 0.4) is 0 Å². The zero-order valence-corrected chi connectivity index (χ0v) is 23.0. The van der Waals surface area contributed by atoms with Crippen molar-refractivity contribution in [3.05, 3.63) is 71.6 Å². The highest BCUT2D eigenvalue weighted by Gasteiger charge is 2.23.